The van der Waals surface area contributed by atoms with Crippen LogP contribution >= 0.6 is 0 Å². The minimum absolute atomic E-state index is 0. The number of likely N-dealkylation sites (tertiary alicyclic amines) is 2. The molecule has 2 saturated heterocycles. The Kier molecular flexibility index (Phi) is 7.14. The van der Waals surface area contributed by atoms with Gasteiger partial charge < -0.3 is 20.4 Å². The van der Waals surface area contributed by atoms with E-state index >= 15 is 0 Å². The molecular weight excluding hydrogens is 419 g/mol. The first-order chi connectivity index (χ1) is 12.8. The zero-order valence-electron chi connectivity index (χ0n) is 18.3. The number of carbonyl (C=O) groups excluding carboxylic acids is 4. The summed E-state index contributed by atoms with van der Waals surface area (Å²) in [4.78, 5) is 52.6. The molecule has 2 fully saturated rings. The molecule has 1 radical (unpaired) electrons. The Morgan fingerprint density at radius 1 is 0.724 bits per heavy atom. The standard InChI is InChI=1S/C20H30N4O4.Co/c1-11(13-15(25)19(3,4)23(7)17(13)27)21-9-10-22-12(2)14-16(26)20(5,6)24(8)18(14)28;/h21-22H,9-10H2,1-8H3;/b13-11-,14-12-;. The number of amides is 2. The predicted molar refractivity (Wildman–Crippen MR) is 105 cm³/mol. The number of hydrogen-bond acceptors (Lipinski definition) is 6. The van der Waals surface area contributed by atoms with Crippen LogP contribution in [0.25, 0.3) is 0 Å². The Morgan fingerprint density at radius 2 is 1.00 bits per heavy atom. The summed E-state index contributed by atoms with van der Waals surface area (Å²) in [7, 11) is 3.23. The Morgan fingerprint density at radius 3 is 1.21 bits per heavy atom. The zero-order valence-corrected chi connectivity index (χ0v) is 19.3. The van der Waals surface area contributed by atoms with Crippen molar-refractivity contribution in [2.45, 2.75) is 52.6 Å². The molecule has 2 aliphatic rings. The Bertz CT molecular complexity index is 758. The van der Waals surface area contributed by atoms with Crippen LogP contribution in [0.4, 0.5) is 0 Å². The average Bonchev–Trinajstić information content (AvgIpc) is 2.86. The van der Waals surface area contributed by atoms with Gasteiger partial charge in [0, 0.05) is 55.4 Å². The van der Waals surface area contributed by atoms with Gasteiger partial charge in [-0.2, -0.15) is 0 Å². The van der Waals surface area contributed by atoms with Crippen LogP contribution in [-0.2, 0) is 36.0 Å². The SMILES string of the molecule is C/C(NCCN/C(C)=C1\C(=O)N(C)C(C)(C)C1=O)=C1/C(=O)N(C)C(C)(C)C1=O.[Co]. The van der Waals surface area contributed by atoms with Crippen LogP contribution in [-0.4, -0.2) is 71.4 Å². The van der Waals surface area contributed by atoms with E-state index < -0.39 is 11.1 Å². The topological polar surface area (TPSA) is 98.8 Å². The molecular formula is C20H30CoN4O4. The van der Waals surface area contributed by atoms with E-state index in [9.17, 15) is 19.2 Å². The maximum absolute atomic E-state index is 12.5. The van der Waals surface area contributed by atoms with Gasteiger partial charge in [0.15, 0.2) is 11.6 Å². The third-order valence-corrected chi connectivity index (χ3v) is 5.93. The number of nitrogens with zero attached hydrogens (tertiary/aromatic N) is 2. The molecule has 0 aromatic rings. The van der Waals surface area contributed by atoms with Gasteiger partial charge in [-0.15, -0.1) is 0 Å². The van der Waals surface area contributed by atoms with E-state index in [1.807, 2.05) is 0 Å². The van der Waals surface area contributed by atoms with E-state index in [-0.39, 0.29) is 51.3 Å². The molecule has 0 bridgehead atoms. The smallest absolute Gasteiger partial charge is 0.259 e. The molecule has 0 spiro atoms. The fourth-order valence-electron chi connectivity index (χ4n) is 3.29. The summed E-state index contributed by atoms with van der Waals surface area (Å²) in [5.41, 5.74) is -0.311. The van der Waals surface area contributed by atoms with Crippen LogP contribution in [0, 0.1) is 0 Å². The van der Waals surface area contributed by atoms with Gasteiger partial charge in [0.1, 0.15) is 22.2 Å². The second-order valence-corrected chi connectivity index (χ2v) is 8.36. The molecule has 0 saturated carbocycles. The van der Waals surface area contributed by atoms with Crippen LogP contribution in [0.2, 0.25) is 0 Å². The van der Waals surface area contributed by atoms with Crippen molar-refractivity contribution in [2.75, 3.05) is 27.2 Å². The number of likely N-dealkylation sites (N-methyl/N-ethyl adjacent to an activating group) is 2. The van der Waals surface area contributed by atoms with Crippen LogP contribution in [0.15, 0.2) is 22.5 Å². The van der Waals surface area contributed by atoms with Crippen molar-refractivity contribution >= 4 is 23.4 Å². The van der Waals surface area contributed by atoms with E-state index in [1.54, 1.807) is 55.6 Å². The number of ketones is 2. The summed E-state index contributed by atoms with van der Waals surface area (Å²) in [6, 6.07) is 0. The first kappa shape index (κ1) is 24.9. The number of Topliss-reactive ketones (excluding diaryl/α,β-unsaturated/α-hetero) is 2. The predicted octanol–water partition coefficient (Wildman–Crippen LogP) is 0.351. The molecule has 2 rings (SSSR count). The first-order valence-corrected chi connectivity index (χ1v) is 9.31. The molecule has 163 valence electrons. The van der Waals surface area contributed by atoms with Crippen LogP contribution < -0.4 is 10.6 Å². The average molecular weight is 449 g/mol. The molecule has 0 unspecified atom stereocenters. The third kappa shape index (κ3) is 3.98. The molecule has 29 heavy (non-hydrogen) atoms. The fourth-order valence-corrected chi connectivity index (χ4v) is 3.29. The van der Waals surface area contributed by atoms with Crippen molar-refractivity contribution in [3.63, 3.8) is 0 Å². The summed E-state index contributed by atoms with van der Waals surface area (Å²) >= 11 is 0. The maximum Gasteiger partial charge on any atom is 0.259 e. The van der Waals surface area contributed by atoms with Crippen molar-refractivity contribution in [1.82, 2.24) is 20.4 Å². The van der Waals surface area contributed by atoms with Crippen molar-refractivity contribution in [3.05, 3.63) is 22.5 Å². The van der Waals surface area contributed by atoms with Gasteiger partial charge in [0.25, 0.3) is 11.8 Å². The fraction of sp³-hybridized carbons (Fsp3) is 0.600. The van der Waals surface area contributed by atoms with Gasteiger partial charge >= 0.3 is 0 Å². The maximum atomic E-state index is 12.5. The third-order valence-electron chi connectivity index (χ3n) is 5.93. The van der Waals surface area contributed by atoms with E-state index in [0.29, 0.717) is 24.5 Å². The van der Waals surface area contributed by atoms with Gasteiger partial charge in [-0.25, -0.2) is 0 Å². The number of nitrogens with one attached hydrogen (secondary N) is 2. The van der Waals surface area contributed by atoms with Crippen LogP contribution in [0.1, 0.15) is 41.5 Å². The molecule has 0 atom stereocenters. The molecule has 0 aromatic carbocycles. The second kappa shape index (κ2) is 8.31. The first-order valence-electron chi connectivity index (χ1n) is 9.31. The number of hydrogen-bond donors (Lipinski definition) is 2. The van der Waals surface area contributed by atoms with E-state index in [4.69, 9.17) is 0 Å². The Hall–Kier alpha value is -2.13. The molecule has 2 aliphatic heterocycles. The number of allylic oxidation sites excluding steroid dienone is 2. The normalized spacial score (nSPS) is 24.0. The summed E-state index contributed by atoms with van der Waals surface area (Å²) in [5, 5.41) is 6.17. The van der Waals surface area contributed by atoms with Crippen LogP contribution in [0.3, 0.4) is 0 Å². The quantitative estimate of drug-likeness (QED) is 0.357. The van der Waals surface area contributed by atoms with Crippen molar-refractivity contribution in [1.29, 1.82) is 0 Å². The van der Waals surface area contributed by atoms with Gasteiger partial charge in [-0.05, 0) is 41.5 Å². The minimum atomic E-state index is -0.851. The largest absolute Gasteiger partial charge is 0.386 e. The molecule has 2 N–H and O–H groups in total. The number of carbonyl (C=O) groups is 4. The molecule has 2 heterocycles. The molecule has 8 nitrogen and oxygen atoms in total. The van der Waals surface area contributed by atoms with Gasteiger partial charge in [0.05, 0.1) is 0 Å². The van der Waals surface area contributed by atoms with Gasteiger partial charge in [0.2, 0.25) is 0 Å². The van der Waals surface area contributed by atoms with Crippen molar-refractivity contribution in [3.8, 4) is 0 Å². The minimum Gasteiger partial charge on any atom is -0.386 e. The molecule has 0 aliphatic carbocycles. The van der Waals surface area contributed by atoms with E-state index in [0.717, 1.165) is 0 Å². The zero-order chi connectivity index (χ0) is 21.6. The Balaban J connectivity index is 0.00000420. The molecule has 0 aromatic heterocycles. The Labute approximate surface area is 182 Å². The van der Waals surface area contributed by atoms with Crippen LogP contribution in [0.5, 0.6) is 0 Å². The van der Waals surface area contributed by atoms with E-state index in [2.05, 4.69) is 10.6 Å². The monoisotopic (exact) mass is 449 g/mol. The number of rotatable bonds is 5. The summed E-state index contributed by atoms with van der Waals surface area (Å²) in [6.45, 7) is 11.1. The second-order valence-electron chi connectivity index (χ2n) is 8.36. The van der Waals surface area contributed by atoms with Gasteiger partial charge in [-0.3, -0.25) is 19.2 Å². The summed E-state index contributed by atoms with van der Waals surface area (Å²) in [6.07, 6.45) is 0. The molecule has 2 amide bonds. The summed E-state index contributed by atoms with van der Waals surface area (Å²) < 4.78 is 0. The van der Waals surface area contributed by atoms with Gasteiger partial charge in [-0.1, -0.05) is 0 Å². The summed E-state index contributed by atoms with van der Waals surface area (Å²) in [5.74, 6) is -0.996. The van der Waals surface area contributed by atoms with Crippen molar-refractivity contribution < 1.29 is 36.0 Å². The van der Waals surface area contributed by atoms with E-state index in [1.165, 1.54) is 9.80 Å². The molecule has 9 heteroatoms. The van der Waals surface area contributed by atoms with Crippen molar-refractivity contribution in [2.24, 2.45) is 0 Å².